The molecule has 1 unspecified atom stereocenters. The molecule has 0 bridgehead atoms. The van der Waals surface area contributed by atoms with Crippen LogP contribution in [0.25, 0.3) is 0 Å². The number of hydrogen-bond donors (Lipinski definition) is 1. The van der Waals surface area contributed by atoms with Gasteiger partial charge in [0.05, 0.1) is 18.8 Å². The molecule has 0 radical (unpaired) electrons. The van der Waals surface area contributed by atoms with Gasteiger partial charge in [-0.2, -0.15) is 0 Å². The number of rotatable bonds is 7. The molecule has 1 aromatic rings. The van der Waals surface area contributed by atoms with Gasteiger partial charge in [-0.15, -0.1) is 0 Å². The molecule has 1 N–H and O–H groups in total. The van der Waals surface area contributed by atoms with E-state index in [1.807, 2.05) is 0 Å². The minimum atomic E-state index is -0.397. The summed E-state index contributed by atoms with van der Waals surface area (Å²) in [4.78, 5) is 4.85. The average Bonchev–Trinajstić information content (AvgIpc) is 2.63. The minimum absolute atomic E-state index is 0.259. The molecule has 2 saturated heterocycles. The Kier molecular flexibility index (Phi) is 7.25. The van der Waals surface area contributed by atoms with E-state index in [2.05, 4.69) is 41.0 Å². The van der Waals surface area contributed by atoms with Crippen LogP contribution in [0.3, 0.4) is 0 Å². The molecular weight excluding hydrogens is 316 g/mol. The Bertz CT molecular complexity index is 511. The molecule has 0 saturated carbocycles. The number of benzene rings is 1. The Morgan fingerprint density at radius 1 is 1.16 bits per heavy atom. The quantitative estimate of drug-likeness (QED) is 0.812. The number of ether oxygens (including phenoxy) is 2. The standard InChI is InChI=1S/C20H32N2O3/c1-17-3-2-4-18(13-17)14-21-7-9-22(10-8-21)15-19(23)16-25-20-5-11-24-12-6-20/h2-4,13,19-20,23H,5-12,14-16H2,1H3. The van der Waals surface area contributed by atoms with Gasteiger partial charge in [0, 0.05) is 52.5 Å². The molecule has 2 aliphatic heterocycles. The fourth-order valence-corrected chi connectivity index (χ4v) is 3.64. The van der Waals surface area contributed by atoms with Gasteiger partial charge in [0.15, 0.2) is 0 Å². The molecule has 1 atom stereocenters. The first-order valence-corrected chi connectivity index (χ1v) is 9.57. The van der Waals surface area contributed by atoms with Gasteiger partial charge in [0.25, 0.3) is 0 Å². The van der Waals surface area contributed by atoms with Gasteiger partial charge >= 0.3 is 0 Å². The molecule has 25 heavy (non-hydrogen) atoms. The zero-order valence-electron chi connectivity index (χ0n) is 15.4. The van der Waals surface area contributed by atoms with Gasteiger partial charge < -0.3 is 14.6 Å². The maximum atomic E-state index is 10.3. The van der Waals surface area contributed by atoms with E-state index >= 15 is 0 Å². The Balaban J connectivity index is 1.33. The highest BCUT2D eigenvalue weighted by Crippen LogP contribution is 2.13. The summed E-state index contributed by atoms with van der Waals surface area (Å²) < 4.78 is 11.2. The highest BCUT2D eigenvalue weighted by molar-refractivity contribution is 5.22. The van der Waals surface area contributed by atoms with Crippen LogP contribution < -0.4 is 0 Å². The molecule has 0 spiro atoms. The lowest BCUT2D eigenvalue weighted by atomic mass is 10.1. The normalized spacial score (nSPS) is 22.2. The first-order chi connectivity index (χ1) is 12.2. The van der Waals surface area contributed by atoms with Crippen molar-refractivity contribution in [3.05, 3.63) is 35.4 Å². The molecule has 140 valence electrons. The van der Waals surface area contributed by atoms with E-state index in [4.69, 9.17) is 9.47 Å². The predicted octanol–water partition coefficient (Wildman–Crippen LogP) is 1.67. The predicted molar refractivity (Wildman–Crippen MR) is 98.7 cm³/mol. The summed E-state index contributed by atoms with van der Waals surface area (Å²) in [5.41, 5.74) is 2.71. The SMILES string of the molecule is Cc1cccc(CN2CCN(CC(O)COC3CCOCC3)CC2)c1. The van der Waals surface area contributed by atoms with E-state index in [0.29, 0.717) is 13.2 Å². The topological polar surface area (TPSA) is 45.2 Å². The maximum Gasteiger partial charge on any atom is 0.0900 e. The molecular formula is C20H32N2O3. The van der Waals surface area contributed by atoms with Gasteiger partial charge in [-0.25, -0.2) is 0 Å². The van der Waals surface area contributed by atoms with Crippen LogP contribution in [0.2, 0.25) is 0 Å². The van der Waals surface area contributed by atoms with Gasteiger partial charge in [0.2, 0.25) is 0 Å². The minimum Gasteiger partial charge on any atom is -0.389 e. The van der Waals surface area contributed by atoms with Crippen LogP contribution >= 0.6 is 0 Å². The largest absolute Gasteiger partial charge is 0.389 e. The molecule has 0 amide bonds. The van der Waals surface area contributed by atoms with E-state index in [1.165, 1.54) is 11.1 Å². The summed E-state index contributed by atoms with van der Waals surface area (Å²) in [7, 11) is 0. The van der Waals surface area contributed by atoms with Gasteiger partial charge in [-0.1, -0.05) is 29.8 Å². The van der Waals surface area contributed by atoms with Gasteiger partial charge in [-0.05, 0) is 25.3 Å². The van der Waals surface area contributed by atoms with E-state index in [-0.39, 0.29) is 6.10 Å². The number of piperazine rings is 1. The smallest absolute Gasteiger partial charge is 0.0900 e. The first kappa shape index (κ1) is 18.8. The molecule has 1 aromatic carbocycles. The summed E-state index contributed by atoms with van der Waals surface area (Å²) in [5.74, 6) is 0. The molecule has 0 aromatic heterocycles. The number of aryl methyl sites for hydroxylation is 1. The van der Waals surface area contributed by atoms with Crippen molar-refractivity contribution in [3.8, 4) is 0 Å². The lowest BCUT2D eigenvalue weighted by Crippen LogP contribution is -2.48. The van der Waals surface area contributed by atoms with Crippen LogP contribution in [0, 0.1) is 6.92 Å². The molecule has 2 heterocycles. The zero-order valence-corrected chi connectivity index (χ0v) is 15.4. The van der Waals surface area contributed by atoms with Crippen LogP contribution in [0.5, 0.6) is 0 Å². The third kappa shape index (κ3) is 6.35. The second kappa shape index (κ2) is 9.64. The van der Waals surface area contributed by atoms with E-state index in [9.17, 15) is 5.11 Å². The Hall–Kier alpha value is -0.980. The molecule has 5 nitrogen and oxygen atoms in total. The zero-order chi connectivity index (χ0) is 17.5. The summed E-state index contributed by atoms with van der Waals surface area (Å²) in [6.45, 7) is 10.0. The number of aliphatic hydroxyl groups excluding tert-OH is 1. The van der Waals surface area contributed by atoms with Crippen LogP contribution in [0.4, 0.5) is 0 Å². The van der Waals surface area contributed by atoms with E-state index in [1.54, 1.807) is 0 Å². The summed E-state index contributed by atoms with van der Waals surface area (Å²) in [6.07, 6.45) is 1.76. The molecule has 3 rings (SSSR count). The number of nitrogens with zero attached hydrogens (tertiary/aromatic N) is 2. The number of aliphatic hydroxyl groups is 1. The second-order valence-corrected chi connectivity index (χ2v) is 7.36. The van der Waals surface area contributed by atoms with Crippen molar-refractivity contribution in [1.29, 1.82) is 0 Å². The fraction of sp³-hybridized carbons (Fsp3) is 0.700. The Morgan fingerprint density at radius 2 is 1.88 bits per heavy atom. The van der Waals surface area contributed by atoms with Crippen molar-refractivity contribution in [2.75, 3.05) is 52.5 Å². The molecule has 5 heteroatoms. The third-order valence-corrected chi connectivity index (χ3v) is 5.12. The number of hydrogen-bond acceptors (Lipinski definition) is 5. The van der Waals surface area contributed by atoms with Crippen molar-refractivity contribution in [3.63, 3.8) is 0 Å². The van der Waals surface area contributed by atoms with Crippen molar-refractivity contribution in [1.82, 2.24) is 9.80 Å². The molecule has 2 aliphatic rings. The first-order valence-electron chi connectivity index (χ1n) is 9.57. The summed E-state index contributed by atoms with van der Waals surface area (Å²) >= 11 is 0. The summed E-state index contributed by atoms with van der Waals surface area (Å²) in [6, 6.07) is 8.75. The van der Waals surface area contributed by atoms with Crippen LogP contribution in [0.1, 0.15) is 24.0 Å². The lowest BCUT2D eigenvalue weighted by Gasteiger charge is -2.35. The van der Waals surface area contributed by atoms with Crippen molar-refractivity contribution < 1.29 is 14.6 Å². The maximum absolute atomic E-state index is 10.3. The Labute approximate surface area is 151 Å². The van der Waals surface area contributed by atoms with Gasteiger partial charge in [0.1, 0.15) is 0 Å². The average molecular weight is 348 g/mol. The fourth-order valence-electron chi connectivity index (χ4n) is 3.64. The third-order valence-electron chi connectivity index (χ3n) is 5.12. The molecule has 0 aliphatic carbocycles. The summed E-state index contributed by atoms with van der Waals surface area (Å²) in [5, 5.41) is 10.3. The van der Waals surface area contributed by atoms with Gasteiger partial charge in [-0.3, -0.25) is 9.80 Å². The van der Waals surface area contributed by atoms with Crippen LogP contribution in [0.15, 0.2) is 24.3 Å². The van der Waals surface area contributed by atoms with E-state index < -0.39 is 6.10 Å². The van der Waals surface area contributed by atoms with Crippen LogP contribution in [-0.2, 0) is 16.0 Å². The second-order valence-electron chi connectivity index (χ2n) is 7.36. The van der Waals surface area contributed by atoms with Crippen LogP contribution in [-0.4, -0.2) is 79.7 Å². The number of β-amino-alcohol motifs (C(OH)–C–C–N with tert-alkyl or cyclic N) is 1. The highest BCUT2D eigenvalue weighted by Gasteiger charge is 2.21. The van der Waals surface area contributed by atoms with Crippen molar-refractivity contribution >= 4 is 0 Å². The monoisotopic (exact) mass is 348 g/mol. The van der Waals surface area contributed by atoms with Crippen molar-refractivity contribution in [2.45, 2.75) is 38.5 Å². The highest BCUT2D eigenvalue weighted by atomic mass is 16.5. The molecule has 2 fully saturated rings. The van der Waals surface area contributed by atoms with Crippen molar-refractivity contribution in [2.24, 2.45) is 0 Å². The Morgan fingerprint density at radius 3 is 2.60 bits per heavy atom. The lowest BCUT2D eigenvalue weighted by molar-refractivity contribution is -0.0658. The van der Waals surface area contributed by atoms with E-state index in [0.717, 1.165) is 58.8 Å².